The molecular weight excluding hydrogens is 666 g/mol. The highest BCUT2D eigenvalue weighted by molar-refractivity contribution is 9.10. The van der Waals surface area contributed by atoms with Crippen molar-refractivity contribution in [2.75, 3.05) is 17.5 Å². The number of sulfonamides is 1. The topological polar surface area (TPSA) is 96.0 Å². The molecule has 0 unspecified atom stereocenters. The Kier molecular flexibility index (Phi) is 11.6. The van der Waals surface area contributed by atoms with Crippen molar-refractivity contribution in [1.29, 1.82) is 0 Å². The van der Waals surface area contributed by atoms with E-state index in [0.717, 1.165) is 19.9 Å². The Hall–Kier alpha value is -4.15. The molecule has 4 rings (SSSR count). The van der Waals surface area contributed by atoms with Crippen LogP contribution in [0.5, 0.6) is 5.75 Å². The van der Waals surface area contributed by atoms with E-state index in [9.17, 15) is 18.0 Å². The number of carbonyl (C=O) groups is 2. The standard InChI is InChI=1S/C36H40BrN3O5S/c1-5-45-31-20-22-32(23-21-31)46(43,44)40(30-14-10-7-11-15-30)26-34(41)39(25-28-16-18-29(37)19-17-28)33(35(42)38-36(2,3)4)24-27-12-8-6-9-13-27/h6-23,33H,5,24-26H2,1-4H3,(H,38,42)/t33-/m1/s1. The minimum Gasteiger partial charge on any atom is -0.494 e. The lowest BCUT2D eigenvalue weighted by Crippen LogP contribution is -2.56. The molecule has 4 aromatic carbocycles. The number of rotatable bonds is 13. The number of halogens is 1. The summed E-state index contributed by atoms with van der Waals surface area (Å²) in [5, 5.41) is 3.04. The van der Waals surface area contributed by atoms with Crippen molar-refractivity contribution in [3.8, 4) is 5.75 Å². The van der Waals surface area contributed by atoms with Gasteiger partial charge in [0.1, 0.15) is 18.3 Å². The third-order valence-corrected chi connectivity index (χ3v) is 9.40. The van der Waals surface area contributed by atoms with Gasteiger partial charge in [0.05, 0.1) is 17.2 Å². The van der Waals surface area contributed by atoms with E-state index in [1.165, 1.54) is 17.0 Å². The number of para-hydroxylation sites is 1. The molecule has 8 nitrogen and oxygen atoms in total. The molecule has 0 fully saturated rings. The molecule has 0 spiro atoms. The molecular formula is C36H40BrN3O5S. The fourth-order valence-corrected chi connectivity index (χ4v) is 6.60. The van der Waals surface area contributed by atoms with Crippen LogP contribution in [0.15, 0.2) is 119 Å². The fourth-order valence-electron chi connectivity index (χ4n) is 4.92. The van der Waals surface area contributed by atoms with E-state index in [1.54, 1.807) is 42.5 Å². The third-order valence-electron chi connectivity index (χ3n) is 7.08. The summed E-state index contributed by atoms with van der Waals surface area (Å²) in [5.74, 6) is -0.313. The van der Waals surface area contributed by atoms with Gasteiger partial charge in [-0.2, -0.15) is 0 Å². The van der Waals surface area contributed by atoms with Gasteiger partial charge in [-0.15, -0.1) is 0 Å². The van der Waals surface area contributed by atoms with E-state index in [0.29, 0.717) is 18.0 Å². The minimum atomic E-state index is -4.20. The van der Waals surface area contributed by atoms with Crippen LogP contribution in [0.2, 0.25) is 0 Å². The Morgan fingerprint density at radius 2 is 1.41 bits per heavy atom. The Balaban J connectivity index is 1.78. The summed E-state index contributed by atoms with van der Waals surface area (Å²) in [6, 6.07) is 30.6. The SMILES string of the molecule is CCOc1ccc(S(=O)(=O)N(CC(=O)N(Cc2ccc(Br)cc2)[C@H](Cc2ccccc2)C(=O)NC(C)(C)C)c2ccccc2)cc1. The van der Waals surface area contributed by atoms with Gasteiger partial charge >= 0.3 is 0 Å². The molecule has 242 valence electrons. The maximum absolute atomic E-state index is 14.5. The molecule has 0 aliphatic heterocycles. The number of benzene rings is 4. The van der Waals surface area contributed by atoms with E-state index in [4.69, 9.17) is 4.74 Å². The monoisotopic (exact) mass is 705 g/mol. The lowest BCUT2D eigenvalue weighted by molar-refractivity contribution is -0.140. The van der Waals surface area contributed by atoms with E-state index in [-0.39, 0.29) is 23.8 Å². The van der Waals surface area contributed by atoms with Crippen molar-refractivity contribution >= 4 is 43.5 Å². The quantitative estimate of drug-likeness (QED) is 0.169. The molecule has 2 amide bonds. The summed E-state index contributed by atoms with van der Waals surface area (Å²) < 4.78 is 35.8. The Morgan fingerprint density at radius 1 is 0.826 bits per heavy atom. The third kappa shape index (κ3) is 9.43. The predicted octanol–water partition coefficient (Wildman–Crippen LogP) is 6.60. The van der Waals surface area contributed by atoms with E-state index < -0.39 is 34.1 Å². The molecule has 0 radical (unpaired) electrons. The summed E-state index contributed by atoms with van der Waals surface area (Å²) >= 11 is 3.46. The maximum Gasteiger partial charge on any atom is 0.264 e. The predicted molar refractivity (Wildman–Crippen MR) is 185 cm³/mol. The van der Waals surface area contributed by atoms with Crippen LogP contribution in [0.3, 0.4) is 0 Å². The number of carbonyl (C=O) groups excluding carboxylic acids is 2. The zero-order valence-electron chi connectivity index (χ0n) is 26.5. The lowest BCUT2D eigenvalue weighted by Gasteiger charge is -2.35. The molecule has 4 aromatic rings. The van der Waals surface area contributed by atoms with Crippen molar-refractivity contribution in [2.45, 2.75) is 57.1 Å². The van der Waals surface area contributed by atoms with Crippen LogP contribution in [-0.4, -0.2) is 49.9 Å². The van der Waals surface area contributed by atoms with Crippen LogP contribution in [0.25, 0.3) is 0 Å². The van der Waals surface area contributed by atoms with Gasteiger partial charge in [-0.1, -0.05) is 76.6 Å². The first kappa shape index (κ1) is 34.7. The summed E-state index contributed by atoms with van der Waals surface area (Å²) in [6.07, 6.45) is 0.238. The second-order valence-electron chi connectivity index (χ2n) is 11.8. The number of hydrogen-bond donors (Lipinski definition) is 1. The first-order valence-corrected chi connectivity index (χ1v) is 17.3. The lowest BCUT2D eigenvalue weighted by atomic mass is 10.0. The number of nitrogens with one attached hydrogen (secondary N) is 1. The van der Waals surface area contributed by atoms with Crippen molar-refractivity contribution < 1.29 is 22.7 Å². The van der Waals surface area contributed by atoms with Gasteiger partial charge in [0.25, 0.3) is 10.0 Å². The number of hydrogen-bond acceptors (Lipinski definition) is 5. The van der Waals surface area contributed by atoms with Crippen molar-refractivity contribution in [3.05, 3.63) is 125 Å². The molecule has 10 heteroatoms. The number of ether oxygens (including phenoxy) is 1. The summed E-state index contributed by atoms with van der Waals surface area (Å²) in [6.45, 7) is 7.50. The van der Waals surface area contributed by atoms with Crippen molar-refractivity contribution in [1.82, 2.24) is 10.2 Å². The van der Waals surface area contributed by atoms with Gasteiger partial charge < -0.3 is 15.0 Å². The molecule has 0 aliphatic rings. The van der Waals surface area contributed by atoms with Gasteiger partial charge in [-0.3, -0.25) is 13.9 Å². The average molecular weight is 707 g/mol. The van der Waals surface area contributed by atoms with E-state index in [2.05, 4.69) is 21.2 Å². The van der Waals surface area contributed by atoms with Gasteiger partial charge in [-0.25, -0.2) is 8.42 Å². The van der Waals surface area contributed by atoms with E-state index in [1.807, 2.05) is 82.3 Å². The van der Waals surface area contributed by atoms with Crippen LogP contribution in [0, 0.1) is 0 Å². The number of anilines is 1. The van der Waals surface area contributed by atoms with Crippen LogP contribution in [0.4, 0.5) is 5.69 Å². The van der Waals surface area contributed by atoms with Crippen molar-refractivity contribution in [3.63, 3.8) is 0 Å². The molecule has 46 heavy (non-hydrogen) atoms. The Morgan fingerprint density at radius 3 is 1.98 bits per heavy atom. The van der Waals surface area contributed by atoms with Crippen molar-refractivity contribution in [2.24, 2.45) is 0 Å². The molecule has 0 bridgehead atoms. The summed E-state index contributed by atoms with van der Waals surface area (Å²) in [5.41, 5.74) is 1.42. The van der Waals surface area contributed by atoms with Gasteiger partial charge in [-0.05, 0) is 87.4 Å². The summed E-state index contributed by atoms with van der Waals surface area (Å²) in [4.78, 5) is 30.0. The second kappa shape index (κ2) is 15.4. The minimum absolute atomic E-state index is 0.0124. The molecule has 1 atom stereocenters. The molecule has 0 aliphatic carbocycles. The maximum atomic E-state index is 14.5. The van der Waals surface area contributed by atoms with Crippen LogP contribution in [0.1, 0.15) is 38.8 Å². The molecule has 1 N–H and O–H groups in total. The van der Waals surface area contributed by atoms with Crippen LogP contribution in [-0.2, 0) is 32.6 Å². The first-order valence-electron chi connectivity index (χ1n) is 15.1. The normalized spacial score (nSPS) is 12.2. The first-order chi connectivity index (χ1) is 21.9. The average Bonchev–Trinajstić information content (AvgIpc) is 3.03. The highest BCUT2D eigenvalue weighted by atomic mass is 79.9. The highest BCUT2D eigenvalue weighted by Crippen LogP contribution is 2.26. The highest BCUT2D eigenvalue weighted by Gasteiger charge is 2.35. The van der Waals surface area contributed by atoms with Crippen LogP contribution >= 0.6 is 15.9 Å². The zero-order valence-corrected chi connectivity index (χ0v) is 28.9. The van der Waals surface area contributed by atoms with E-state index >= 15 is 0 Å². The molecule has 0 saturated carbocycles. The van der Waals surface area contributed by atoms with Gasteiger partial charge in [0, 0.05) is 23.0 Å². The van der Waals surface area contributed by atoms with Gasteiger partial charge in [0.2, 0.25) is 11.8 Å². The zero-order chi connectivity index (χ0) is 33.3. The van der Waals surface area contributed by atoms with Gasteiger partial charge in [0.15, 0.2) is 0 Å². The summed E-state index contributed by atoms with van der Waals surface area (Å²) in [7, 11) is -4.20. The Bertz CT molecular complexity index is 1690. The number of amides is 2. The smallest absolute Gasteiger partial charge is 0.264 e. The Labute approximate surface area is 280 Å². The second-order valence-corrected chi connectivity index (χ2v) is 14.6. The fraction of sp³-hybridized carbons (Fsp3) is 0.278. The largest absolute Gasteiger partial charge is 0.494 e. The molecule has 0 saturated heterocycles. The number of nitrogens with zero attached hydrogens (tertiary/aromatic N) is 2. The van der Waals surface area contributed by atoms with Crippen LogP contribution < -0.4 is 14.4 Å². The molecule has 0 aromatic heterocycles. The molecule has 0 heterocycles.